The van der Waals surface area contributed by atoms with Gasteiger partial charge in [0.1, 0.15) is 23.4 Å². The molecule has 1 saturated carbocycles. The highest BCUT2D eigenvalue weighted by atomic mass is 17.5. The Morgan fingerprint density at radius 3 is 1.71 bits per heavy atom. The second-order valence-electron chi connectivity index (χ2n) is 4.51. The summed E-state index contributed by atoms with van der Waals surface area (Å²) in [5, 5.41) is 9.11. The highest BCUT2D eigenvalue weighted by Crippen LogP contribution is 2.47. The SMILES string of the molecule is CC12CC3OOOC3(C)CC1OOO2. The maximum atomic E-state index is 5.08. The molecule has 0 spiro atoms. The normalized spacial score (nSPS) is 57.0. The molecular formula is C8H12O6. The van der Waals surface area contributed by atoms with Gasteiger partial charge >= 0.3 is 0 Å². The maximum absolute atomic E-state index is 5.08. The molecule has 0 aromatic carbocycles. The summed E-state index contributed by atoms with van der Waals surface area (Å²) in [4.78, 5) is 20.2. The van der Waals surface area contributed by atoms with E-state index in [4.69, 9.17) is 19.6 Å². The zero-order valence-corrected chi connectivity index (χ0v) is 8.02. The summed E-state index contributed by atoms with van der Waals surface area (Å²) in [6.45, 7) is 3.85. The van der Waals surface area contributed by atoms with Crippen molar-refractivity contribution in [2.45, 2.75) is 50.1 Å². The number of rotatable bonds is 0. The Labute approximate surface area is 80.7 Å². The van der Waals surface area contributed by atoms with Crippen molar-refractivity contribution in [3.63, 3.8) is 0 Å². The maximum Gasteiger partial charge on any atom is 0.136 e. The predicted molar refractivity (Wildman–Crippen MR) is 40.1 cm³/mol. The van der Waals surface area contributed by atoms with E-state index in [0.29, 0.717) is 12.8 Å². The summed E-state index contributed by atoms with van der Waals surface area (Å²) in [5.74, 6) is 0. The minimum absolute atomic E-state index is 0.144. The van der Waals surface area contributed by atoms with Crippen LogP contribution in [0.15, 0.2) is 0 Å². The lowest BCUT2D eigenvalue weighted by atomic mass is 9.74. The van der Waals surface area contributed by atoms with Gasteiger partial charge in [-0.2, -0.15) is 19.6 Å². The van der Waals surface area contributed by atoms with Crippen LogP contribution >= 0.6 is 0 Å². The monoisotopic (exact) mass is 204 g/mol. The summed E-state index contributed by atoms with van der Waals surface area (Å²) in [6.07, 6.45) is 0.950. The molecule has 2 heterocycles. The Morgan fingerprint density at radius 2 is 1.29 bits per heavy atom. The Kier molecular flexibility index (Phi) is 1.71. The molecule has 4 atom stereocenters. The molecule has 2 aliphatic heterocycles. The third-order valence-corrected chi connectivity index (χ3v) is 3.30. The van der Waals surface area contributed by atoms with Crippen molar-refractivity contribution in [2.75, 3.05) is 0 Å². The van der Waals surface area contributed by atoms with Crippen molar-refractivity contribution in [2.24, 2.45) is 0 Å². The fraction of sp³-hybridized carbons (Fsp3) is 1.00. The van der Waals surface area contributed by atoms with Gasteiger partial charge in [0.25, 0.3) is 0 Å². The van der Waals surface area contributed by atoms with Crippen molar-refractivity contribution in [3.8, 4) is 0 Å². The van der Waals surface area contributed by atoms with Gasteiger partial charge in [0.15, 0.2) is 0 Å². The molecule has 0 aromatic heterocycles. The highest BCUT2D eigenvalue weighted by molar-refractivity contribution is 5.03. The van der Waals surface area contributed by atoms with Crippen molar-refractivity contribution in [3.05, 3.63) is 0 Å². The van der Waals surface area contributed by atoms with Gasteiger partial charge in [-0.1, -0.05) is 10.1 Å². The minimum atomic E-state index is -0.471. The number of hydrogen-bond donors (Lipinski definition) is 0. The van der Waals surface area contributed by atoms with E-state index in [9.17, 15) is 0 Å². The molecule has 4 unspecified atom stereocenters. The standard InChI is InChI=1S/C8H12O6/c1-7-3-6-8(2,12-14-10-6)4-5(7)9-13-11-7/h5-6H,3-4H2,1-2H3. The average Bonchev–Trinajstić information content (AvgIpc) is 2.61. The van der Waals surface area contributed by atoms with Crippen LogP contribution in [0.1, 0.15) is 26.7 Å². The second-order valence-corrected chi connectivity index (χ2v) is 4.51. The van der Waals surface area contributed by atoms with Gasteiger partial charge in [-0.15, -0.1) is 0 Å². The van der Waals surface area contributed by atoms with Crippen LogP contribution in [-0.2, 0) is 29.6 Å². The van der Waals surface area contributed by atoms with Crippen LogP contribution in [-0.4, -0.2) is 23.4 Å². The summed E-state index contributed by atoms with van der Waals surface area (Å²) in [7, 11) is 0. The summed E-state index contributed by atoms with van der Waals surface area (Å²) < 4.78 is 0. The lowest BCUT2D eigenvalue weighted by Crippen LogP contribution is -2.55. The molecule has 1 aliphatic carbocycles. The second kappa shape index (κ2) is 2.66. The molecular weight excluding hydrogens is 192 g/mol. The van der Waals surface area contributed by atoms with Crippen molar-refractivity contribution >= 4 is 0 Å². The molecule has 0 aromatic rings. The fourth-order valence-electron chi connectivity index (χ4n) is 2.17. The first-order chi connectivity index (χ1) is 6.62. The minimum Gasteiger partial charge on any atom is -0.200 e. The summed E-state index contributed by atoms with van der Waals surface area (Å²) >= 11 is 0. The Morgan fingerprint density at radius 1 is 0.857 bits per heavy atom. The highest BCUT2D eigenvalue weighted by Gasteiger charge is 2.61. The topological polar surface area (TPSA) is 55.4 Å². The molecule has 0 radical (unpaired) electrons. The van der Waals surface area contributed by atoms with Crippen molar-refractivity contribution < 1.29 is 29.6 Å². The van der Waals surface area contributed by atoms with Crippen molar-refractivity contribution in [1.82, 2.24) is 0 Å². The van der Waals surface area contributed by atoms with Gasteiger partial charge in [0.2, 0.25) is 0 Å². The van der Waals surface area contributed by atoms with E-state index in [1.54, 1.807) is 0 Å². The molecule has 3 fully saturated rings. The largest absolute Gasteiger partial charge is 0.200 e. The first-order valence-electron chi connectivity index (χ1n) is 4.65. The Bertz CT molecular complexity index is 232. The Balaban J connectivity index is 1.88. The zero-order valence-electron chi connectivity index (χ0n) is 8.02. The summed E-state index contributed by atoms with van der Waals surface area (Å²) in [5.41, 5.74) is -0.942. The molecule has 6 heteroatoms. The lowest BCUT2D eigenvalue weighted by molar-refractivity contribution is -0.485. The molecule has 3 aliphatic rings. The molecule has 14 heavy (non-hydrogen) atoms. The van der Waals surface area contributed by atoms with Crippen LogP contribution in [0.5, 0.6) is 0 Å². The first-order valence-corrected chi connectivity index (χ1v) is 4.65. The van der Waals surface area contributed by atoms with Crippen molar-refractivity contribution in [1.29, 1.82) is 0 Å². The lowest BCUT2D eigenvalue weighted by Gasteiger charge is -2.38. The quantitative estimate of drug-likeness (QED) is 0.544. The molecule has 6 nitrogen and oxygen atoms in total. The molecule has 2 saturated heterocycles. The van der Waals surface area contributed by atoms with Gasteiger partial charge in [0, 0.05) is 12.8 Å². The molecule has 0 amide bonds. The molecule has 80 valence electrons. The van der Waals surface area contributed by atoms with Crippen LogP contribution in [0.4, 0.5) is 0 Å². The average molecular weight is 204 g/mol. The van der Waals surface area contributed by atoms with Gasteiger partial charge < -0.3 is 0 Å². The third-order valence-electron chi connectivity index (χ3n) is 3.30. The van der Waals surface area contributed by atoms with Crippen LogP contribution in [0, 0.1) is 0 Å². The van der Waals surface area contributed by atoms with E-state index in [1.807, 2.05) is 13.8 Å². The van der Waals surface area contributed by atoms with E-state index in [1.165, 1.54) is 0 Å². The van der Waals surface area contributed by atoms with Gasteiger partial charge in [-0.25, -0.2) is 0 Å². The van der Waals surface area contributed by atoms with E-state index < -0.39 is 11.2 Å². The van der Waals surface area contributed by atoms with Gasteiger partial charge in [-0.05, 0) is 13.8 Å². The predicted octanol–water partition coefficient (Wildman–Crippen LogP) is 0.822. The fourth-order valence-corrected chi connectivity index (χ4v) is 2.17. The zero-order chi connectivity index (χ0) is 9.81. The van der Waals surface area contributed by atoms with Crippen LogP contribution in [0.25, 0.3) is 0 Å². The molecule has 3 rings (SSSR count). The number of hydrogen-bond acceptors (Lipinski definition) is 6. The van der Waals surface area contributed by atoms with Gasteiger partial charge in [0.05, 0.1) is 0 Å². The van der Waals surface area contributed by atoms with E-state index in [0.717, 1.165) is 0 Å². The van der Waals surface area contributed by atoms with E-state index in [-0.39, 0.29) is 12.2 Å². The molecule has 0 N–H and O–H groups in total. The van der Waals surface area contributed by atoms with E-state index in [2.05, 4.69) is 10.1 Å². The van der Waals surface area contributed by atoms with Crippen LogP contribution in [0.2, 0.25) is 0 Å². The van der Waals surface area contributed by atoms with Crippen LogP contribution in [0.3, 0.4) is 0 Å². The van der Waals surface area contributed by atoms with Crippen LogP contribution < -0.4 is 0 Å². The third kappa shape index (κ3) is 1.06. The smallest absolute Gasteiger partial charge is 0.136 e. The number of fused-ring (bicyclic) bond motifs is 2. The molecule has 0 bridgehead atoms. The van der Waals surface area contributed by atoms with Gasteiger partial charge in [-0.3, -0.25) is 0 Å². The first kappa shape index (κ1) is 9.02. The Hall–Kier alpha value is -0.240. The van der Waals surface area contributed by atoms with E-state index >= 15 is 0 Å². The summed E-state index contributed by atoms with van der Waals surface area (Å²) in [6, 6.07) is 0.